The number of carbonyl (C=O) groups is 1. The van der Waals surface area contributed by atoms with Crippen LogP contribution in [0, 0.1) is 0 Å². The Morgan fingerprint density at radius 1 is 1.60 bits per heavy atom. The molecule has 0 aliphatic carbocycles. The van der Waals surface area contributed by atoms with E-state index in [9.17, 15) is 9.90 Å². The van der Waals surface area contributed by atoms with Crippen molar-refractivity contribution in [2.75, 3.05) is 7.11 Å². The molecule has 1 aromatic rings. The number of carboxylic acid groups (broad SMARTS) is 1. The van der Waals surface area contributed by atoms with Crippen molar-refractivity contribution in [2.24, 2.45) is 0 Å². The van der Waals surface area contributed by atoms with Crippen LogP contribution in [0.15, 0.2) is 16.6 Å². The van der Waals surface area contributed by atoms with Crippen LogP contribution in [0.5, 0.6) is 5.75 Å². The fraction of sp³-hybridized carbons (Fsp3) is 0.222. The number of methoxy groups -OCH3 is 1. The van der Waals surface area contributed by atoms with Crippen LogP contribution < -0.4 is 4.74 Å². The lowest BCUT2D eigenvalue weighted by Crippen LogP contribution is -2.11. The van der Waals surface area contributed by atoms with Gasteiger partial charge in [-0.25, -0.2) is 4.79 Å². The molecule has 0 aliphatic rings. The van der Waals surface area contributed by atoms with Crippen LogP contribution in [0.2, 0.25) is 5.02 Å². The highest BCUT2D eigenvalue weighted by Crippen LogP contribution is 2.35. The second-order valence-corrected chi connectivity index (χ2v) is 4.07. The van der Waals surface area contributed by atoms with E-state index in [4.69, 9.17) is 21.4 Å². The average Bonchev–Trinajstić information content (AvgIpc) is 2.15. The molecule has 0 aromatic heterocycles. The number of aliphatic carboxylic acids is 1. The average molecular weight is 296 g/mol. The van der Waals surface area contributed by atoms with Crippen molar-refractivity contribution >= 4 is 33.5 Å². The molecule has 2 N–H and O–H groups in total. The molecule has 0 saturated carbocycles. The van der Waals surface area contributed by atoms with Crippen LogP contribution in [0.3, 0.4) is 0 Å². The molecule has 0 spiro atoms. The third-order valence-corrected chi connectivity index (χ3v) is 2.51. The Bertz CT molecular complexity index is 394. The van der Waals surface area contributed by atoms with Crippen molar-refractivity contribution in [1.82, 2.24) is 0 Å². The van der Waals surface area contributed by atoms with Crippen LogP contribution in [0.1, 0.15) is 11.7 Å². The number of carboxylic acids is 1. The van der Waals surface area contributed by atoms with E-state index in [0.717, 1.165) is 0 Å². The Labute approximate surface area is 99.6 Å². The summed E-state index contributed by atoms with van der Waals surface area (Å²) in [6.45, 7) is 0. The summed E-state index contributed by atoms with van der Waals surface area (Å²) < 4.78 is 5.50. The van der Waals surface area contributed by atoms with Gasteiger partial charge in [-0.1, -0.05) is 27.5 Å². The topological polar surface area (TPSA) is 66.8 Å². The van der Waals surface area contributed by atoms with Crippen molar-refractivity contribution in [3.05, 3.63) is 27.2 Å². The van der Waals surface area contributed by atoms with Gasteiger partial charge in [0.05, 0.1) is 12.1 Å². The maximum Gasteiger partial charge on any atom is 0.337 e. The maximum atomic E-state index is 10.6. The van der Waals surface area contributed by atoms with Crippen LogP contribution in [0.25, 0.3) is 0 Å². The zero-order valence-corrected chi connectivity index (χ0v) is 10.0. The maximum absolute atomic E-state index is 10.6. The minimum atomic E-state index is -1.66. The third-order valence-electron chi connectivity index (χ3n) is 1.77. The molecule has 1 unspecified atom stereocenters. The highest BCUT2D eigenvalue weighted by molar-refractivity contribution is 9.10. The Balaban J connectivity index is 3.32. The number of hydrogen-bond acceptors (Lipinski definition) is 3. The Morgan fingerprint density at radius 3 is 2.67 bits per heavy atom. The SMILES string of the molecule is COc1c(Cl)cc(Br)cc1C(O)C(=O)O. The van der Waals surface area contributed by atoms with Gasteiger partial charge in [0.2, 0.25) is 0 Å². The summed E-state index contributed by atoms with van der Waals surface area (Å²) in [5, 5.41) is 18.3. The van der Waals surface area contributed by atoms with E-state index in [1.54, 1.807) is 6.07 Å². The molecule has 1 rings (SSSR count). The predicted molar refractivity (Wildman–Crippen MR) is 58.3 cm³/mol. The number of benzene rings is 1. The summed E-state index contributed by atoms with van der Waals surface area (Å²) in [5.74, 6) is -1.20. The lowest BCUT2D eigenvalue weighted by molar-refractivity contribution is -0.147. The molecule has 1 aromatic carbocycles. The molecule has 0 aliphatic heterocycles. The lowest BCUT2D eigenvalue weighted by atomic mass is 10.1. The second kappa shape index (κ2) is 4.83. The summed E-state index contributed by atoms with van der Waals surface area (Å²) >= 11 is 8.97. The van der Waals surface area contributed by atoms with Crippen LogP contribution in [0.4, 0.5) is 0 Å². The molecule has 0 fully saturated rings. The zero-order valence-electron chi connectivity index (χ0n) is 7.70. The van der Waals surface area contributed by atoms with Gasteiger partial charge in [0, 0.05) is 10.0 Å². The number of halogens is 2. The van der Waals surface area contributed by atoms with E-state index in [2.05, 4.69) is 15.9 Å². The van der Waals surface area contributed by atoms with Gasteiger partial charge < -0.3 is 14.9 Å². The van der Waals surface area contributed by atoms with Crippen LogP contribution in [-0.2, 0) is 4.79 Å². The van der Waals surface area contributed by atoms with Gasteiger partial charge in [0.1, 0.15) is 5.75 Å². The van der Waals surface area contributed by atoms with Crippen LogP contribution >= 0.6 is 27.5 Å². The van der Waals surface area contributed by atoms with Crippen molar-refractivity contribution in [3.8, 4) is 5.75 Å². The van der Waals surface area contributed by atoms with Crippen LogP contribution in [-0.4, -0.2) is 23.3 Å². The number of ether oxygens (including phenoxy) is 1. The highest BCUT2D eigenvalue weighted by Gasteiger charge is 2.22. The van der Waals surface area contributed by atoms with Gasteiger partial charge in [-0.15, -0.1) is 0 Å². The zero-order chi connectivity index (χ0) is 11.6. The normalized spacial score (nSPS) is 12.3. The van der Waals surface area contributed by atoms with E-state index in [1.165, 1.54) is 13.2 Å². The van der Waals surface area contributed by atoms with Crippen molar-refractivity contribution in [3.63, 3.8) is 0 Å². The third kappa shape index (κ3) is 2.62. The highest BCUT2D eigenvalue weighted by atomic mass is 79.9. The Kier molecular flexibility index (Phi) is 3.96. The molecule has 15 heavy (non-hydrogen) atoms. The second-order valence-electron chi connectivity index (χ2n) is 2.75. The van der Waals surface area contributed by atoms with Crippen molar-refractivity contribution in [2.45, 2.75) is 6.10 Å². The summed E-state index contributed by atoms with van der Waals surface area (Å²) in [7, 11) is 1.35. The number of hydrogen-bond donors (Lipinski definition) is 2. The van der Waals surface area contributed by atoms with Gasteiger partial charge in [0.15, 0.2) is 6.10 Å². The van der Waals surface area contributed by atoms with Gasteiger partial charge in [-0.05, 0) is 12.1 Å². The van der Waals surface area contributed by atoms with E-state index < -0.39 is 12.1 Å². The largest absolute Gasteiger partial charge is 0.495 e. The summed E-state index contributed by atoms with van der Waals surface area (Å²) in [6.07, 6.45) is -1.66. The van der Waals surface area contributed by atoms with Gasteiger partial charge >= 0.3 is 5.97 Å². The monoisotopic (exact) mass is 294 g/mol. The predicted octanol–water partition coefficient (Wildman–Crippen LogP) is 2.23. The van der Waals surface area contributed by atoms with E-state index in [0.29, 0.717) is 4.47 Å². The minimum absolute atomic E-state index is 0.115. The fourth-order valence-electron chi connectivity index (χ4n) is 1.13. The minimum Gasteiger partial charge on any atom is -0.495 e. The van der Waals surface area contributed by atoms with Gasteiger partial charge in [-0.2, -0.15) is 0 Å². The molecule has 4 nitrogen and oxygen atoms in total. The Hall–Kier alpha value is -0.780. The quantitative estimate of drug-likeness (QED) is 0.897. The lowest BCUT2D eigenvalue weighted by Gasteiger charge is -2.13. The van der Waals surface area contributed by atoms with Gasteiger partial charge in [-0.3, -0.25) is 0 Å². The van der Waals surface area contributed by atoms with Gasteiger partial charge in [0.25, 0.3) is 0 Å². The molecule has 0 saturated heterocycles. The molecule has 6 heteroatoms. The van der Waals surface area contributed by atoms with E-state index in [1.807, 2.05) is 0 Å². The van der Waals surface area contributed by atoms with E-state index >= 15 is 0 Å². The summed E-state index contributed by atoms with van der Waals surface area (Å²) in [4.78, 5) is 10.6. The first-order valence-corrected chi connectivity index (χ1v) is 5.08. The molecule has 0 radical (unpaired) electrons. The molecule has 0 heterocycles. The first-order chi connectivity index (χ1) is 6.97. The first-order valence-electron chi connectivity index (χ1n) is 3.91. The Morgan fingerprint density at radius 2 is 2.20 bits per heavy atom. The summed E-state index contributed by atoms with van der Waals surface area (Å²) in [6, 6.07) is 3.00. The fourth-order valence-corrected chi connectivity index (χ4v) is 2.04. The summed E-state index contributed by atoms with van der Waals surface area (Å²) in [5.41, 5.74) is 0.115. The number of rotatable bonds is 3. The van der Waals surface area contributed by atoms with E-state index in [-0.39, 0.29) is 16.3 Å². The molecular weight excluding hydrogens is 287 g/mol. The standard InChI is InChI=1S/C9H8BrClO4/c1-15-8-5(7(12)9(13)14)2-4(10)3-6(8)11/h2-3,7,12H,1H3,(H,13,14). The van der Waals surface area contributed by atoms with Crippen molar-refractivity contribution < 1.29 is 19.7 Å². The molecule has 82 valence electrons. The number of aliphatic hydroxyl groups excluding tert-OH is 1. The molecule has 0 amide bonds. The smallest absolute Gasteiger partial charge is 0.337 e. The molecule has 0 bridgehead atoms. The molecular formula is C9H8BrClO4. The number of aliphatic hydroxyl groups is 1. The first kappa shape index (κ1) is 12.3. The van der Waals surface area contributed by atoms with Crippen molar-refractivity contribution in [1.29, 1.82) is 0 Å². The molecule has 1 atom stereocenters.